The molecule has 128 valence electrons. The van der Waals surface area contributed by atoms with Crippen molar-refractivity contribution in [3.05, 3.63) is 28.2 Å². The Bertz CT molecular complexity index is 739. The zero-order valence-corrected chi connectivity index (χ0v) is 16.1. The van der Waals surface area contributed by atoms with E-state index in [-0.39, 0.29) is 17.6 Å². The monoisotopic (exact) mass is 431 g/mol. The van der Waals surface area contributed by atoms with Crippen LogP contribution in [0.3, 0.4) is 0 Å². The summed E-state index contributed by atoms with van der Waals surface area (Å²) in [5.41, 5.74) is 0.457. The summed E-state index contributed by atoms with van der Waals surface area (Å²) in [6.07, 6.45) is 0. The molecule has 0 aliphatic carbocycles. The number of anilines is 1. The number of nitrogens with one attached hydrogen (secondary N) is 1. The quantitative estimate of drug-likeness (QED) is 0.408. The first-order chi connectivity index (χ1) is 11.5. The zero-order valence-electron chi connectivity index (χ0n) is 12.9. The number of rotatable bonds is 7. The molecule has 1 N–H and O–H groups in total. The van der Waals surface area contributed by atoms with Gasteiger partial charge in [0.15, 0.2) is 4.34 Å². The Morgan fingerprint density at radius 1 is 1.38 bits per heavy atom. The molecule has 0 fully saturated rings. The molecule has 7 nitrogen and oxygen atoms in total. The number of thioether (sulfide) groups is 1. The maximum atomic E-state index is 12.2. The largest absolute Gasteiger partial charge is 0.496 e. The molecule has 1 aromatic heterocycles. The van der Waals surface area contributed by atoms with Crippen molar-refractivity contribution in [1.29, 1.82) is 0 Å². The summed E-state index contributed by atoms with van der Waals surface area (Å²) >= 11 is 5.74. The molecule has 1 heterocycles. The normalized spacial score (nSPS) is 10.3. The Kier molecular flexibility index (Phi) is 7.00. The molecule has 0 unspecified atom stereocenters. The Balaban J connectivity index is 1.95. The van der Waals surface area contributed by atoms with Gasteiger partial charge in [0, 0.05) is 5.56 Å². The van der Waals surface area contributed by atoms with Gasteiger partial charge in [0.25, 0.3) is 5.91 Å². The van der Waals surface area contributed by atoms with E-state index in [1.807, 2.05) is 0 Å². The van der Waals surface area contributed by atoms with E-state index in [1.165, 1.54) is 23.1 Å². The van der Waals surface area contributed by atoms with Crippen molar-refractivity contribution in [1.82, 2.24) is 10.2 Å². The van der Waals surface area contributed by atoms with E-state index in [1.54, 1.807) is 32.2 Å². The Hall–Kier alpha value is -1.65. The molecule has 0 bridgehead atoms. The van der Waals surface area contributed by atoms with E-state index < -0.39 is 0 Å². The summed E-state index contributed by atoms with van der Waals surface area (Å²) in [4.78, 5) is 23.5. The summed E-state index contributed by atoms with van der Waals surface area (Å²) < 4.78 is 11.2. The van der Waals surface area contributed by atoms with Crippen LogP contribution in [-0.2, 0) is 9.53 Å². The highest BCUT2D eigenvalue weighted by Crippen LogP contribution is 2.28. The van der Waals surface area contributed by atoms with Gasteiger partial charge >= 0.3 is 5.97 Å². The predicted molar refractivity (Wildman–Crippen MR) is 95.9 cm³/mol. The van der Waals surface area contributed by atoms with Gasteiger partial charge in [-0.1, -0.05) is 23.1 Å². The molecular weight excluding hydrogens is 418 g/mol. The van der Waals surface area contributed by atoms with Crippen LogP contribution in [0.15, 0.2) is 27.0 Å². The second-order valence-corrected chi connectivity index (χ2v) is 7.32. The highest BCUT2D eigenvalue weighted by atomic mass is 79.9. The number of amides is 1. The lowest BCUT2D eigenvalue weighted by Gasteiger charge is -2.05. The summed E-state index contributed by atoms with van der Waals surface area (Å²) in [5.74, 6) is 0.171. The molecule has 0 saturated carbocycles. The maximum Gasteiger partial charge on any atom is 0.316 e. The number of halogens is 1. The standard InChI is InChI=1S/C14H14BrN3O4S2/c1-3-22-11(19)7-23-14-18-17-13(24-14)16-12(20)8-4-5-10(21-2)9(15)6-8/h4-6H,3,7H2,1-2H3,(H,16,17,20). The van der Waals surface area contributed by atoms with Crippen LogP contribution in [0, 0.1) is 0 Å². The Morgan fingerprint density at radius 3 is 2.83 bits per heavy atom. The second-order valence-electron chi connectivity index (χ2n) is 4.27. The third-order valence-corrected chi connectivity index (χ3v) is 5.22. The number of methoxy groups -OCH3 is 1. The van der Waals surface area contributed by atoms with Crippen molar-refractivity contribution < 1.29 is 19.1 Å². The fourth-order valence-corrected chi connectivity index (χ4v) is 3.70. The second kappa shape index (κ2) is 9.00. The van der Waals surface area contributed by atoms with Crippen molar-refractivity contribution in [2.45, 2.75) is 11.3 Å². The number of carbonyl (C=O) groups is 2. The number of nitrogens with zero attached hydrogens (tertiary/aromatic N) is 2. The van der Waals surface area contributed by atoms with Crippen LogP contribution in [0.2, 0.25) is 0 Å². The van der Waals surface area contributed by atoms with E-state index in [4.69, 9.17) is 9.47 Å². The van der Waals surface area contributed by atoms with Crippen LogP contribution < -0.4 is 10.1 Å². The molecule has 0 aliphatic rings. The van der Waals surface area contributed by atoms with Crippen LogP contribution >= 0.6 is 39.0 Å². The van der Waals surface area contributed by atoms with Crippen molar-refractivity contribution >= 4 is 56.0 Å². The predicted octanol–water partition coefficient (Wildman–Crippen LogP) is 3.22. The lowest BCUT2D eigenvalue weighted by atomic mass is 10.2. The lowest BCUT2D eigenvalue weighted by Crippen LogP contribution is -2.11. The molecule has 2 aromatic rings. The zero-order chi connectivity index (χ0) is 17.5. The minimum atomic E-state index is -0.314. The summed E-state index contributed by atoms with van der Waals surface area (Å²) in [6.45, 7) is 2.09. The van der Waals surface area contributed by atoms with Crippen molar-refractivity contribution in [3.8, 4) is 5.75 Å². The van der Waals surface area contributed by atoms with Gasteiger partial charge in [-0.25, -0.2) is 0 Å². The average molecular weight is 432 g/mol. The van der Waals surface area contributed by atoms with Crippen molar-refractivity contribution in [3.63, 3.8) is 0 Å². The average Bonchev–Trinajstić information content (AvgIpc) is 3.00. The van der Waals surface area contributed by atoms with Crippen molar-refractivity contribution in [2.24, 2.45) is 0 Å². The molecule has 0 spiro atoms. The highest BCUT2D eigenvalue weighted by Gasteiger charge is 2.13. The van der Waals surface area contributed by atoms with Gasteiger partial charge in [-0.3, -0.25) is 14.9 Å². The number of hydrogen-bond acceptors (Lipinski definition) is 8. The van der Waals surface area contributed by atoms with Crippen LogP contribution in [0.5, 0.6) is 5.75 Å². The first-order valence-electron chi connectivity index (χ1n) is 6.80. The van der Waals surface area contributed by atoms with Gasteiger partial charge in [0.2, 0.25) is 5.13 Å². The molecule has 1 aromatic carbocycles. The lowest BCUT2D eigenvalue weighted by molar-refractivity contribution is -0.139. The fraction of sp³-hybridized carbons (Fsp3) is 0.286. The summed E-state index contributed by atoms with van der Waals surface area (Å²) in [6, 6.07) is 5.00. The maximum absolute atomic E-state index is 12.2. The number of esters is 1. The van der Waals surface area contributed by atoms with Gasteiger partial charge in [0.1, 0.15) is 5.75 Å². The molecule has 0 saturated heterocycles. The minimum absolute atomic E-state index is 0.155. The molecule has 2 rings (SSSR count). The third kappa shape index (κ3) is 5.18. The van der Waals surface area contributed by atoms with E-state index in [9.17, 15) is 9.59 Å². The van der Waals surface area contributed by atoms with Crippen LogP contribution in [0.1, 0.15) is 17.3 Å². The van der Waals surface area contributed by atoms with E-state index in [2.05, 4.69) is 31.4 Å². The first-order valence-corrected chi connectivity index (χ1v) is 9.39. The number of benzene rings is 1. The summed E-state index contributed by atoms with van der Waals surface area (Å²) in [7, 11) is 1.55. The van der Waals surface area contributed by atoms with Gasteiger partial charge in [0.05, 0.1) is 23.9 Å². The molecular formula is C14H14BrN3O4S2. The van der Waals surface area contributed by atoms with Gasteiger partial charge in [-0.15, -0.1) is 10.2 Å². The topological polar surface area (TPSA) is 90.4 Å². The highest BCUT2D eigenvalue weighted by molar-refractivity contribution is 9.10. The SMILES string of the molecule is CCOC(=O)CSc1nnc(NC(=O)c2ccc(OC)c(Br)c2)s1. The minimum Gasteiger partial charge on any atom is -0.496 e. The van der Waals surface area contributed by atoms with Crippen molar-refractivity contribution in [2.75, 3.05) is 24.8 Å². The third-order valence-electron chi connectivity index (χ3n) is 2.66. The number of aromatic nitrogens is 2. The van der Waals surface area contributed by atoms with Gasteiger partial charge in [-0.05, 0) is 41.1 Å². The summed E-state index contributed by atoms with van der Waals surface area (Å²) in [5, 5.41) is 10.8. The molecule has 10 heteroatoms. The first kappa shape index (κ1) is 18.7. The van der Waals surface area contributed by atoms with E-state index in [0.717, 1.165) is 0 Å². The van der Waals surface area contributed by atoms with Crippen LogP contribution in [-0.4, -0.2) is 41.5 Å². The molecule has 1 amide bonds. The molecule has 24 heavy (non-hydrogen) atoms. The Labute approximate surface area is 155 Å². The number of ether oxygens (including phenoxy) is 2. The molecule has 0 radical (unpaired) electrons. The molecule has 0 atom stereocenters. The fourth-order valence-electron chi connectivity index (χ4n) is 1.62. The smallest absolute Gasteiger partial charge is 0.316 e. The van der Waals surface area contributed by atoms with E-state index >= 15 is 0 Å². The van der Waals surface area contributed by atoms with Gasteiger partial charge < -0.3 is 9.47 Å². The number of carbonyl (C=O) groups excluding carboxylic acids is 2. The number of hydrogen-bond donors (Lipinski definition) is 1. The van der Waals surface area contributed by atoms with Crippen LogP contribution in [0.25, 0.3) is 0 Å². The van der Waals surface area contributed by atoms with E-state index in [0.29, 0.717) is 31.9 Å². The van der Waals surface area contributed by atoms with Crippen LogP contribution in [0.4, 0.5) is 5.13 Å². The Morgan fingerprint density at radius 2 is 2.17 bits per heavy atom. The molecule has 0 aliphatic heterocycles. The van der Waals surface area contributed by atoms with Gasteiger partial charge in [-0.2, -0.15) is 0 Å².